The lowest BCUT2D eigenvalue weighted by atomic mass is 10.4. The van der Waals surface area contributed by atoms with Crippen molar-refractivity contribution in [3.05, 3.63) is 16.1 Å². The summed E-state index contributed by atoms with van der Waals surface area (Å²) in [5.74, 6) is 0. The minimum atomic E-state index is 0.826. The Hall–Kier alpha value is -0.490. The lowest BCUT2D eigenvalue weighted by Crippen LogP contribution is -2.20. The van der Waals surface area contributed by atoms with E-state index in [1.807, 2.05) is 0 Å². The van der Waals surface area contributed by atoms with Gasteiger partial charge in [0.05, 0.1) is 5.69 Å². The number of aromatic nitrogens is 1. The molecule has 0 aliphatic carbocycles. The van der Waals surface area contributed by atoms with Crippen LogP contribution in [0.25, 0.3) is 0 Å². The van der Waals surface area contributed by atoms with Gasteiger partial charge < -0.3 is 15.0 Å². The molecule has 0 spiro atoms. The maximum absolute atomic E-state index is 5.04. The molecule has 1 aromatic heterocycles. The zero-order chi connectivity index (χ0) is 12.5. The molecular formula is C12H23N3OS. The van der Waals surface area contributed by atoms with Crippen molar-refractivity contribution < 1.29 is 4.74 Å². The zero-order valence-corrected chi connectivity index (χ0v) is 11.8. The van der Waals surface area contributed by atoms with Crippen molar-refractivity contribution in [3.63, 3.8) is 0 Å². The van der Waals surface area contributed by atoms with E-state index in [1.165, 1.54) is 10.7 Å². The third kappa shape index (κ3) is 6.12. The number of hydrogen-bond donors (Lipinski definition) is 1. The fourth-order valence-corrected chi connectivity index (χ4v) is 2.32. The highest BCUT2D eigenvalue weighted by Gasteiger charge is 2.04. The lowest BCUT2D eigenvalue weighted by molar-refractivity contribution is 0.178. The summed E-state index contributed by atoms with van der Waals surface area (Å²) in [7, 11) is 3.87. The number of rotatable bonds is 9. The maximum Gasteiger partial charge on any atom is 0.107 e. The molecular weight excluding hydrogens is 234 g/mol. The second kappa shape index (κ2) is 8.58. The first-order valence-electron chi connectivity index (χ1n) is 6.07. The smallest absolute Gasteiger partial charge is 0.107 e. The molecule has 1 aromatic rings. The number of thiazole rings is 1. The summed E-state index contributed by atoms with van der Waals surface area (Å²) in [4.78, 5) is 6.88. The van der Waals surface area contributed by atoms with Gasteiger partial charge in [-0.3, -0.25) is 0 Å². The summed E-state index contributed by atoms with van der Waals surface area (Å²) in [6, 6.07) is 0. The second-order valence-electron chi connectivity index (χ2n) is 4.10. The Balaban J connectivity index is 2.27. The summed E-state index contributed by atoms with van der Waals surface area (Å²) < 4.78 is 5.04. The van der Waals surface area contributed by atoms with Crippen molar-refractivity contribution >= 4 is 11.3 Å². The molecule has 0 saturated carbocycles. The van der Waals surface area contributed by atoms with Crippen LogP contribution < -0.4 is 5.32 Å². The maximum atomic E-state index is 5.04. The van der Waals surface area contributed by atoms with Crippen molar-refractivity contribution in [2.45, 2.75) is 26.4 Å². The van der Waals surface area contributed by atoms with Crippen LogP contribution in [-0.4, -0.2) is 43.7 Å². The SMILES string of the molecule is CCNCc1nc(CN(C)CCCOC)cs1. The highest BCUT2D eigenvalue weighted by molar-refractivity contribution is 7.09. The standard InChI is InChI=1S/C12H23N3OS/c1-4-13-8-12-14-11(10-17-12)9-15(2)6-5-7-16-3/h10,13H,4-9H2,1-3H3. The van der Waals surface area contributed by atoms with Gasteiger partial charge in [0.1, 0.15) is 5.01 Å². The van der Waals surface area contributed by atoms with E-state index >= 15 is 0 Å². The molecule has 0 aromatic carbocycles. The number of nitrogens with zero attached hydrogens (tertiary/aromatic N) is 2. The molecule has 0 aliphatic heterocycles. The predicted molar refractivity (Wildman–Crippen MR) is 72.3 cm³/mol. The van der Waals surface area contributed by atoms with Gasteiger partial charge in [0, 0.05) is 38.7 Å². The Morgan fingerprint density at radius 3 is 3.06 bits per heavy atom. The highest BCUT2D eigenvalue weighted by Crippen LogP contribution is 2.11. The molecule has 0 radical (unpaired) electrons. The van der Waals surface area contributed by atoms with Crippen LogP contribution in [0, 0.1) is 0 Å². The van der Waals surface area contributed by atoms with Gasteiger partial charge in [0.25, 0.3) is 0 Å². The lowest BCUT2D eigenvalue weighted by Gasteiger charge is -2.14. The van der Waals surface area contributed by atoms with Crippen LogP contribution in [0.1, 0.15) is 24.0 Å². The molecule has 5 heteroatoms. The third-order valence-corrected chi connectivity index (χ3v) is 3.34. The minimum absolute atomic E-state index is 0.826. The number of methoxy groups -OCH3 is 1. The van der Waals surface area contributed by atoms with Crippen molar-refractivity contribution in [3.8, 4) is 0 Å². The fourth-order valence-electron chi connectivity index (χ4n) is 1.57. The van der Waals surface area contributed by atoms with Crippen LogP contribution in [-0.2, 0) is 17.8 Å². The van der Waals surface area contributed by atoms with Gasteiger partial charge in [-0.05, 0) is 20.0 Å². The molecule has 1 N–H and O–H groups in total. The molecule has 0 aliphatic rings. The summed E-state index contributed by atoms with van der Waals surface area (Å²) in [6.07, 6.45) is 1.07. The first-order valence-corrected chi connectivity index (χ1v) is 6.95. The van der Waals surface area contributed by atoms with E-state index in [2.05, 4.69) is 34.6 Å². The van der Waals surface area contributed by atoms with Crippen LogP contribution in [0.2, 0.25) is 0 Å². The molecule has 0 bridgehead atoms. The minimum Gasteiger partial charge on any atom is -0.385 e. The van der Waals surface area contributed by atoms with Gasteiger partial charge in [0.2, 0.25) is 0 Å². The molecule has 0 fully saturated rings. The van der Waals surface area contributed by atoms with Crippen molar-refractivity contribution in [1.29, 1.82) is 0 Å². The molecule has 1 rings (SSSR count). The third-order valence-electron chi connectivity index (χ3n) is 2.45. The average Bonchev–Trinajstić information content (AvgIpc) is 2.74. The van der Waals surface area contributed by atoms with Gasteiger partial charge in [-0.2, -0.15) is 0 Å². The summed E-state index contributed by atoms with van der Waals surface area (Å²) >= 11 is 1.73. The van der Waals surface area contributed by atoms with Crippen molar-refractivity contribution in [2.75, 3.05) is 33.9 Å². The first kappa shape index (κ1) is 14.6. The number of ether oxygens (including phenoxy) is 1. The Morgan fingerprint density at radius 1 is 1.53 bits per heavy atom. The Morgan fingerprint density at radius 2 is 2.35 bits per heavy atom. The van der Waals surface area contributed by atoms with Gasteiger partial charge >= 0.3 is 0 Å². The molecule has 1 heterocycles. The second-order valence-corrected chi connectivity index (χ2v) is 5.04. The quantitative estimate of drug-likeness (QED) is 0.684. The van der Waals surface area contributed by atoms with Crippen molar-refractivity contribution in [2.24, 2.45) is 0 Å². The van der Waals surface area contributed by atoms with E-state index < -0.39 is 0 Å². The summed E-state index contributed by atoms with van der Waals surface area (Å²) in [6.45, 7) is 6.78. The largest absolute Gasteiger partial charge is 0.385 e. The molecule has 0 amide bonds. The molecule has 0 atom stereocenters. The average molecular weight is 257 g/mol. The van der Waals surface area contributed by atoms with E-state index in [9.17, 15) is 0 Å². The van der Waals surface area contributed by atoms with Gasteiger partial charge in [-0.25, -0.2) is 4.98 Å². The fraction of sp³-hybridized carbons (Fsp3) is 0.750. The molecule has 98 valence electrons. The van der Waals surface area contributed by atoms with Crippen LogP contribution in [0.4, 0.5) is 0 Å². The van der Waals surface area contributed by atoms with E-state index in [4.69, 9.17) is 4.74 Å². The highest BCUT2D eigenvalue weighted by atomic mass is 32.1. The van der Waals surface area contributed by atoms with Crippen LogP contribution >= 0.6 is 11.3 Å². The Kier molecular flexibility index (Phi) is 7.35. The number of nitrogens with one attached hydrogen (secondary N) is 1. The topological polar surface area (TPSA) is 37.4 Å². The molecule has 0 unspecified atom stereocenters. The summed E-state index contributed by atoms with van der Waals surface area (Å²) in [5.41, 5.74) is 1.17. The summed E-state index contributed by atoms with van der Waals surface area (Å²) in [5, 5.41) is 6.62. The van der Waals surface area contributed by atoms with E-state index in [1.54, 1.807) is 18.4 Å². The molecule has 17 heavy (non-hydrogen) atoms. The van der Waals surface area contributed by atoms with Crippen LogP contribution in [0.5, 0.6) is 0 Å². The van der Waals surface area contributed by atoms with E-state index in [0.717, 1.165) is 39.2 Å². The van der Waals surface area contributed by atoms with Crippen molar-refractivity contribution in [1.82, 2.24) is 15.2 Å². The molecule has 4 nitrogen and oxygen atoms in total. The zero-order valence-electron chi connectivity index (χ0n) is 11.0. The normalized spacial score (nSPS) is 11.3. The van der Waals surface area contributed by atoms with E-state index in [-0.39, 0.29) is 0 Å². The predicted octanol–water partition coefficient (Wildman–Crippen LogP) is 1.72. The Bertz CT molecular complexity index is 304. The monoisotopic (exact) mass is 257 g/mol. The number of hydrogen-bond acceptors (Lipinski definition) is 5. The van der Waals surface area contributed by atoms with Gasteiger partial charge in [-0.15, -0.1) is 11.3 Å². The van der Waals surface area contributed by atoms with Crippen LogP contribution in [0.15, 0.2) is 5.38 Å². The van der Waals surface area contributed by atoms with Crippen LogP contribution in [0.3, 0.4) is 0 Å². The Labute approximate surface area is 108 Å². The van der Waals surface area contributed by atoms with Gasteiger partial charge in [-0.1, -0.05) is 6.92 Å². The van der Waals surface area contributed by atoms with E-state index in [0.29, 0.717) is 0 Å². The van der Waals surface area contributed by atoms with Gasteiger partial charge in [0.15, 0.2) is 0 Å². The first-order chi connectivity index (χ1) is 8.26. The molecule has 0 saturated heterocycles.